The summed E-state index contributed by atoms with van der Waals surface area (Å²) in [6.45, 7) is 0. The van der Waals surface area contributed by atoms with Crippen molar-refractivity contribution in [2.75, 3.05) is 11.1 Å². The van der Waals surface area contributed by atoms with Crippen LogP contribution in [-0.2, 0) is 14.6 Å². The predicted molar refractivity (Wildman–Crippen MR) is 87.5 cm³/mol. The number of thiazole rings is 1. The van der Waals surface area contributed by atoms with Gasteiger partial charge in [-0.1, -0.05) is 22.8 Å². The summed E-state index contributed by atoms with van der Waals surface area (Å²) in [5.41, 5.74) is 0.476. The molecule has 2 heterocycles. The van der Waals surface area contributed by atoms with Crippen molar-refractivity contribution in [1.82, 2.24) is 15.2 Å². The highest BCUT2D eigenvalue weighted by molar-refractivity contribution is 7.91. The van der Waals surface area contributed by atoms with Crippen LogP contribution in [0.25, 0.3) is 11.5 Å². The second kappa shape index (κ2) is 6.67. The fourth-order valence-corrected chi connectivity index (χ4v) is 3.40. The summed E-state index contributed by atoms with van der Waals surface area (Å²) in [6.07, 6.45) is 1.49. The average Bonchev–Trinajstić information content (AvgIpc) is 3.17. The van der Waals surface area contributed by atoms with Gasteiger partial charge in [-0.3, -0.25) is 4.79 Å². The Morgan fingerprint density at radius 3 is 2.88 bits per heavy atom. The molecule has 0 unspecified atom stereocenters. The first-order valence-corrected chi connectivity index (χ1v) is 9.36. The number of hydrogen-bond acceptors (Lipinski definition) is 8. The van der Waals surface area contributed by atoms with Crippen LogP contribution in [0.5, 0.6) is 0 Å². The summed E-state index contributed by atoms with van der Waals surface area (Å²) in [5, 5.41) is 11.3. The normalized spacial score (nSPS) is 11.4. The van der Waals surface area contributed by atoms with Crippen LogP contribution < -0.4 is 5.32 Å². The van der Waals surface area contributed by atoms with Crippen molar-refractivity contribution in [3.05, 3.63) is 40.9 Å². The smallest absolute Gasteiger partial charge is 0.336 e. The molecule has 0 radical (unpaired) electrons. The largest absolute Gasteiger partial charge is 0.408 e. The van der Waals surface area contributed by atoms with Gasteiger partial charge in [0.15, 0.2) is 5.13 Å². The van der Waals surface area contributed by atoms with Crippen molar-refractivity contribution < 1.29 is 17.6 Å². The number of benzene rings is 1. The van der Waals surface area contributed by atoms with Crippen molar-refractivity contribution >= 4 is 43.8 Å². The number of nitrogens with one attached hydrogen (secondary N) is 1. The van der Waals surface area contributed by atoms with E-state index < -0.39 is 26.7 Å². The first-order valence-electron chi connectivity index (χ1n) is 6.45. The quantitative estimate of drug-likeness (QED) is 0.717. The van der Waals surface area contributed by atoms with Crippen LogP contribution in [0.3, 0.4) is 0 Å². The summed E-state index contributed by atoms with van der Waals surface area (Å²) in [6, 6.07) is 6.52. The molecule has 0 atom stereocenters. The number of rotatable bonds is 5. The number of hydrogen-bond donors (Lipinski definition) is 1. The number of halogens is 1. The molecule has 0 aliphatic rings. The molecule has 1 amide bonds. The van der Waals surface area contributed by atoms with Gasteiger partial charge in [0.05, 0.1) is 0 Å². The minimum Gasteiger partial charge on any atom is -0.408 e. The molecule has 3 aromatic rings. The monoisotopic (exact) mass is 384 g/mol. The Balaban J connectivity index is 1.77. The van der Waals surface area contributed by atoms with E-state index in [9.17, 15) is 13.2 Å². The van der Waals surface area contributed by atoms with Crippen LogP contribution in [-0.4, -0.2) is 35.3 Å². The summed E-state index contributed by atoms with van der Waals surface area (Å²) in [4.78, 5) is 15.6. The average molecular weight is 385 g/mol. The standard InChI is InChI=1S/C13H9ClN4O4S2/c14-9-3-1-2-8(6-9)11-17-18-13(22-11)24(20,21)7-10(19)16-12-15-4-5-23-12/h1-6H,7H2,(H,15,16,19). The highest BCUT2D eigenvalue weighted by Crippen LogP contribution is 2.23. The Morgan fingerprint density at radius 2 is 2.17 bits per heavy atom. The summed E-state index contributed by atoms with van der Waals surface area (Å²) >= 11 is 7.04. The Bertz CT molecular complexity index is 970. The third-order valence-corrected chi connectivity index (χ3v) is 5.01. The van der Waals surface area contributed by atoms with Gasteiger partial charge in [-0.15, -0.1) is 16.4 Å². The molecular formula is C13H9ClN4O4S2. The van der Waals surface area contributed by atoms with Gasteiger partial charge in [-0.25, -0.2) is 13.4 Å². The van der Waals surface area contributed by atoms with Crippen LogP contribution in [0.2, 0.25) is 5.02 Å². The zero-order chi connectivity index (χ0) is 17.2. The van der Waals surface area contributed by atoms with Crippen LogP contribution >= 0.6 is 22.9 Å². The van der Waals surface area contributed by atoms with Crippen LogP contribution in [0, 0.1) is 0 Å². The minimum absolute atomic E-state index is 0.00333. The van der Waals surface area contributed by atoms with E-state index in [1.807, 2.05) is 0 Å². The number of carbonyl (C=O) groups excluding carboxylic acids is 1. The van der Waals surface area contributed by atoms with Gasteiger partial charge in [-0.05, 0) is 18.2 Å². The lowest BCUT2D eigenvalue weighted by Gasteiger charge is -2.00. The molecule has 0 aliphatic carbocycles. The summed E-state index contributed by atoms with van der Waals surface area (Å²) in [5.74, 6) is -1.58. The van der Waals surface area contributed by atoms with Crippen molar-refractivity contribution in [3.63, 3.8) is 0 Å². The predicted octanol–water partition coefficient (Wildman–Crippen LogP) is 2.26. The van der Waals surface area contributed by atoms with E-state index >= 15 is 0 Å². The van der Waals surface area contributed by atoms with Gasteiger partial charge >= 0.3 is 5.22 Å². The maximum absolute atomic E-state index is 12.2. The topological polar surface area (TPSA) is 115 Å². The van der Waals surface area contributed by atoms with Crippen LogP contribution in [0.1, 0.15) is 0 Å². The molecule has 124 valence electrons. The molecule has 0 fully saturated rings. The van der Waals surface area contributed by atoms with Gasteiger partial charge in [0.1, 0.15) is 5.75 Å². The van der Waals surface area contributed by atoms with Crippen molar-refractivity contribution in [2.24, 2.45) is 0 Å². The number of aromatic nitrogens is 3. The molecule has 0 spiro atoms. The Kier molecular flexibility index (Phi) is 4.60. The van der Waals surface area contributed by atoms with E-state index in [1.54, 1.807) is 29.6 Å². The molecule has 11 heteroatoms. The molecule has 0 aliphatic heterocycles. The number of amides is 1. The second-order valence-corrected chi connectivity index (χ2v) is 7.73. The fraction of sp³-hybridized carbons (Fsp3) is 0.0769. The Morgan fingerprint density at radius 1 is 1.33 bits per heavy atom. The molecule has 1 N–H and O–H groups in total. The first kappa shape index (κ1) is 16.6. The van der Waals surface area contributed by atoms with E-state index in [2.05, 4.69) is 20.5 Å². The van der Waals surface area contributed by atoms with Gasteiger partial charge in [0, 0.05) is 22.2 Å². The molecule has 0 bridgehead atoms. The first-order chi connectivity index (χ1) is 11.4. The highest BCUT2D eigenvalue weighted by atomic mass is 35.5. The lowest BCUT2D eigenvalue weighted by Crippen LogP contribution is -2.23. The van der Waals surface area contributed by atoms with E-state index in [1.165, 1.54) is 17.5 Å². The molecule has 3 rings (SSSR count). The molecule has 2 aromatic heterocycles. The lowest BCUT2D eigenvalue weighted by molar-refractivity contribution is -0.113. The molecule has 1 aromatic carbocycles. The number of nitrogens with zero attached hydrogens (tertiary/aromatic N) is 3. The second-order valence-electron chi connectivity index (χ2n) is 4.53. The van der Waals surface area contributed by atoms with Gasteiger partial charge in [0.2, 0.25) is 21.6 Å². The van der Waals surface area contributed by atoms with E-state index in [0.717, 1.165) is 0 Å². The molecule has 24 heavy (non-hydrogen) atoms. The van der Waals surface area contributed by atoms with Gasteiger partial charge in [-0.2, -0.15) is 0 Å². The molecule has 0 saturated heterocycles. The maximum Gasteiger partial charge on any atom is 0.336 e. The van der Waals surface area contributed by atoms with Crippen LogP contribution in [0.15, 0.2) is 45.5 Å². The van der Waals surface area contributed by atoms with Crippen LogP contribution in [0.4, 0.5) is 5.13 Å². The van der Waals surface area contributed by atoms with E-state index in [-0.39, 0.29) is 5.89 Å². The Labute approximate surface area is 145 Å². The van der Waals surface area contributed by atoms with E-state index in [4.69, 9.17) is 16.0 Å². The SMILES string of the molecule is O=C(CS(=O)(=O)c1nnc(-c2cccc(Cl)c2)o1)Nc1nccs1. The highest BCUT2D eigenvalue weighted by Gasteiger charge is 2.26. The van der Waals surface area contributed by atoms with Gasteiger partial charge in [0.25, 0.3) is 0 Å². The lowest BCUT2D eigenvalue weighted by atomic mass is 10.2. The van der Waals surface area contributed by atoms with Crippen molar-refractivity contribution in [2.45, 2.75) is 5.22 Å². The number of carbonyl (C=O) groups is 1. The van der Waals surface area contributed by atoms with Crippen molar-refractivity contribution in [1.29, 1.82) is 0 Å². The summed E-state index contributed by atoms with van der Waals surface area (Å²) in [7, 11) is -4.07. The third kappa shape index (κ3) is 3.78. The zero-order valence-corrected chi connectivity index (χ0v) is 14.2. The molecule has 0 saturated carbocycles. The minimum atomic E-state index is -4.07. The summed E-state index contributed by atoms with van der Waals surface area (Å²) < 4.78 is 29.5. The number of anilines is 1. The van der Waals surface area contributed by atoms with Crippen molar-refractivity contribution in [3.8, 4) is 11.5 Å². The van der Waals surface area contributed by atoms with E-state index in [0.29, 0.717) is 15.7 Å². The number of sulfone groups is 1. The maximum atomic E-state index is 12.2. The fourth-order valence-electron chi connectivity index (χ4n) is 1.75. The third-order valence-electron chi connectivity index (χ3n) is 2.74. The Hall–Kier alpha value is -2.30. The molecular weight excluding hydrogens is 376 g/mol. The zero-order valence-electron chi connectivity index (χ0n) is 11.8. The molecule has 8 nitrogen and oxygen atoms in total. The van der Waals surface area contributed by atoms with Gasteiger partial charge < -0.3 is 9.73 Å².